The number of carboxylic acid groups (broad SMARTS) is 2. The van der Waals surface area contributed by atoms with Crippen molar-refractivity contribution in [1.82, 2.24) is 52.5 Å². The zero-order chi connectivity index (χ0) is 58.6. The molecule has 26 nitrogen and oxygen atoms in total. The summed E-state index contributed by atoms with van der Waals surface area (Å²) in [5.74, 6) is -9.86. The highest BCUT2D eigenvalue weighted by Crippen LogP contribution is 2.12. The van der Waals surface area contributed by atoms with Crippen LogP contribution in [-0.2, 0) is 73.6 Å². The first-order chi connectivity index (χ1) is 38.2. The molecular formula is C54H72N14O12. The van der Waals surface area contributed by atoms with Crippen molar-refractivity contribution in [3.8, 4) is 0 Å². The van der Waals surface area contributed by atoms with Crippen LogP contribution in [0, 0.1) is 0 Å². The van der Waals surface area contributed by atoms with E-state index in [0.717, 1.165) is 0 Å². The quantitative estimate of drug-likeness (QED) is 0.0141. The van der Waals surface area contributed by atoms with Gasteiger partial charge in [0.2, 0.25) is 47.3 Å². The van der Waals surface area contributed by atoms with Crippen molar-refractivity contribution in [2.45, 2.75) is 126 Å². The average Bonchev–Trinajstić information content (AvgIpc) is 3.95. The number of carbonyl (C=O) groups excluding carboxylic acids is 8. The maximum atomic E-state index is 14.7. The van der Waals surface area contributed by atoms with Crippen LogP contribution in [0.25, 0.3) is 0 Å². The Bertz CT molecular complexity index is 2710. The molecule has 0 aliphatic rings. The van der Waals surface area contributed by atoms with E-state index >= 15 is 0 Å². The summed E-state index contributed by atoms with van der Waals surface area (Å²) in [5, 5.41) is 40.3. The number of nitrogens with one attached hydrogen (secondary N) is 9. The van der Waals surface area contributed by atoms with Gasteiger partial charge in [-0.25, -0.2) is 9.78 Å². The maximum absolute atomic E-state index is 14.7. The summed E-state index contributed by atoms with van der Waals surface area (Å²) in [7, 11) is 0. The van der Waals surface area contributed by atoms with Crippen molar-refractivity contribution in [2.75, 3.05) is 13.1 Å². The van der Waals surface area contributed by atoms with Gasteiger partial charge < -0.3 is 74.9 Å². The summed E-state index contributed by atoms with van der Waals surface area (Å²) in [6.07, 6.45) is 2.29. The molecule has 0 saturated heterocycles. The molecule has 0 unspecified atom stereocenters. The van der Waals surface area contributed by atoms with Crippen LogP contribution in [-0.4, -0.2) is 147 Å². The van der Waals surface area contributed by atoms with Crippen LogP contribution in [0.15, 0.2) is 109 Å². The standard InChI is InChI=1S/C54H72N14O12/c1-32(46(72)64-39(53(79)80)22-14-24-59-54(56)57)61-48(74)40(25-34-15-6-3-7-16-34)65-49(75)41(26-35-17-8-4-9-18-35)66-50(76)42(27-36-19-10-5-11-20-36)67-52(78)44(29-45(70)71)68-47(73)38(21-12-13-23-55)63-51(77)43(62-33(2)69)28-37-30-58-31-60-37/h3-11,15-20,30-32,38-44H,12-14,21-29,55H2,1-2H3,(H,58,60)(H,61,74)(H,62,69)(H,63,77)(H,64,72)(H,65,75)(H,66,76)(H,67,78)(H,68,73)(H,70,71)(H,79,80)(H4,56,57,59)/t32-,38+,39+,40+,41+,42+,43+,44+/m1/s1. The van der Waals surface area contributed by atoms with Crippen LogP contribution < -0.4 is 59.7 Å². The second-order valence-corrected chi connectivity index (χ2v) is 18.9. The van der Waals surface area contributed by atoms with E-state index < -0.39 is 114 Å². The lowest BCUT2D eigenvalue weighted by Crippen LogP contribution is -2.61. The van der Waals surface area contributed by atoms with E-state index in [0.29, 0.717) is 35.2 Å². The zero-order valence-corrected chi connectivity index (χ0v) is 44.5. The Morgan fingerprint density at radius 3 is 1.36 bits per heavy atom. The molecule has 4 aromatic rings. The number of unbranched alkanes of at least 4 members (excludes halogenated alkanes) is 1. The fraction of sp³-hybridized carbons (Fsp3) is 0.407. The molecule has 80 heavy (non-hydrogen) atoms. The lowest BCUT2D eigenvalue weighted by atomic mass is 10.0. The number of hydrogen-bond acceptors (Lipinski definition) is 13. The van der Waals surface area contributed by atoms with Gasteiger partial charge in [-0.15, -0.1) is 0 Å². The Morgan fingerprint density at radius 1 is 0.525 bits per heavy atom. The SMILES string of the molecule is CC(=O)N[C@@H](Cc1cnc[nH]1)C(=O)N[C@@H](CCCCN)C(=O)N[C@@H](CC(=O)O)C(=O)N[C@@H](Cc1ccccc1)C(=O)N[C@@H](Cc1ccccc1)C(=O)N[C@@H](Cc1ccccc1)C(=O)N[C@H](C)C(=O)N[C@@H](CCCN=C(N)N)C(=O)O. The van der Waals surface area contributed by atoms with E-state index in [2.05, 4.69) is 57.5 Å². The number of aromatic nitrogens is 2. The minimum Gasteiger partial charge on any atom is -0.481 e. The van der Waals surface area contributed by atoms with Gasteiger partial charge in [-0.2, -0.15) is 0 Å². The lowest BCUT2D eigenvalue weighted by Gasteiger charge is -2.28. The number of nitrogens with zero attached hydrogens (tertiary/aromatic N) is 2. The van der Waals surface area contributed by atoms with E-state index in [1.54, 1.807) is 91.0 Å². The number of hydrogen-bond donors (Lipinski definition) is 14. The Morgan fingerprint density at radius 2 is 0.938 bits per heavy atom. The molecule has 0 radical (unpaired) electrons. The van der Waals surface area contributed by atoms with Crippen LogP contribution >= 0.6 is 0 Å². The number of imidazole rings is 1. The van der Waals surface area contributed by atoms with Crippen molar-refractivity contribution < 1.29 is 58.2 Å². The number of nitrogens with two attached hydrogens (primary N) is 3. The highest BCUT2D eigenvalue weighted by atomic mass is 16.4. The highest BCUT2D eigenvalue weighted by molar-refractivity contribution is 5.99. The second kappa shape index (κ2) is 33.2. The Hall–Kier alpha value is -9.20. The topological polar surface area (TPSA) is 426 Å². The summed E-state index contributed by atoms with van der Waals surface area (Å²) in [6, 6.07) is 14.1. The van der Waals surface area contributed by atoms with Crippen molar-refractivity contribution in [1.29, 1.82) is 0 Å². The van der Waals surface area contributed by atoms with Gasteiger partial charge in [0.1, 0.15) is 48.3 Å². The smallest absolute Gasteiger partial charge is 0.326 e. The molecular weight excluding hydrogens is 1040 g/mol. The van der Waals surface area contributed by atoms with Crippen molar-refractivity contribution >= 4 is 65.2 Å². The van der Waals surface area contributed by atoms with E-state index in [9.17, 15) is 58.2 Å². The molecule has 26 heteroatoms. The van der Waals surface area contributed by atoms with Gasteiger partial charge in [0, 0.05) is 51.0 Å². The van der Waals surface area contributed by atoms with Gasteiger partial charge in [0.25, 0.3) is 0 Å². The number of amides is 8. The first kappa shape index (κ1) is 63.3. The zero-order valence-electron chi connectivity index (χ0n) is 44.5. The van der Waals surface area contributed by atoms with Crippen molar-refractivity contribution in [2.24, 2.45) is 22.2 Å². The van der Waals surface area contributed by atoms with Crippen molar-refractivity contribution in [3.63, 3.8) is 0 Å². The van der Waals surface area contributed by atoms with Gasteiger partial charge in [-0.1, -0.05) is 91.0 Å². The van der Waals surface area contributed by atoms with Crippen LogP contribution in [0.4, 0.5) is 0 Å². The number of H-pyrrole nitrogens is 1. The van der Waals surface area contributed by atoms with E-state index in [1.165, 1.54) is 26.4 Å². The molecule has 3 aromatic carbocycles. The van der Waals surface area contributed by atoms with E-state index in [4.69, 9.17) is 17.2 Å². The van der Waals surface area contributed by atoms with Crippen LogP contribution in [0.5, 0.6) is 0 Å². The first-order valence-corrected chi connectivity index (χ1v) is 25.9. The van der Waals surface area contributed by atoms with Gasteiger partial charge in [-0.3, -0.25) is 48.1 Å². The summed E-state index contributed by atoms with van der Waals surface area (Å²) in [5.41, 5.74) is 18.6. The number of benzene rings is 3. The molecule has 0 aliphatic heterocycles. The molecule has 4 rings (SSSR count). The predicted molar refractivity (Wildman–Crippen MR) is 292 cm³/mol. The molecule has 430 valence electrons. The molecule has 0 saturated carbocycles. The van der Waals surface area contributed by atoms with E-state index in [-0.39, 0.29) is 64.0 Å². The van der Waals surface area contributed by atoms with Crippen LogP contribution in [0.1, 0.15) is 74.8 Å². The summed E-state index contributed by atoms with van der Waals surface area (Å²) >= 11 is 0. The van der Waals surface area contributed by atoms with Gasteiger partial charge in [-0.05, 0) is 62.3 Å². The largest absolute Gasteiger partial charge is 0.481 e. The van der Waals surface area contributed by atoms with Crippen molar-refractivity contribution in [3.05, 3.63) is 126 Å². The number of rotatable bonds is 34. The third kappa shape index (κ3) is 22.8. The molecule has 0 bridgehead atoms. The summed E-state index contributed by atoms with van der Waals surface area (Å²) in [4.78, 5) is 146. The fourth-order valence-electron chi connectivity index (χ4n) is 8.19. The summed E-state index contributed by atoms with van der Waals surface area (Å²) < 4.78 is 0. The summed E-state index contributed by atoms with van der Waals surface area (Å²) in [6.45, 7) is 2.89. The number of aromatic amines is 1. The molecule has 17 N–H and O–H groups in total. The van der Waals surface area contributed by atoms with Gasteiger partial charge in [0.05, 0.1) is 12.7 Å². The number of carbonyl (C=O) groups is 10. The second-order valence-electron chi connectivity index (χ2n) is 18.9. The lowest BCUT2D eigenvalue weighted by molar-refractivity contribution is -0.142. The van der Waals surface area contributed by atoms with Crippen LogP contribution in [0.2, 0.25) is 0 Å². The molecule has 1 aromatic heterocycles. The highest BCUT2D eigenvalue weighted by Gasteiger charge is 2.35. The van der Waals surface area contributed by atoms with Crippen LogP contribution in [0.3, 0.4) is 0 Å². The minimum atomic E-state index is -1.83. The Kier molecular flexibility index (Phi) is 26.3. The molecule has 0 fully saturated rings. The normalized spacial score (nSPS) is 13.8. The van der Waals surface area contributed by atoms with Gasteiger partial charge >= 0.3 is 11.9 Å². The maximum Gasteiger partial charge on any atom is 0.326 e. The molecule has 8 atom stereocenters. The van der Waals surface area contributed by atoms with Gasteiger partial charge in [0.15, 0.2) is 5.96 Å². The Balaban J connectivity index is 1.62. The number of guanidine groups is 1. The molecule has 1 heterocycles. The van der Waals surface area contributed by atoms with E-state index in [1.807, 2.05) is 0 Å². The average molecular weight is 1110 g/mol. The predicted octanol–water partition coefficient (Wildman–Crippen LogP) is -1.66. The molecule has 8 amide bonds. The molecule has 0 aliphatic carbocycles. The third-order valence-electron chi connectivity index (χ3n) is 12.3. The number of aliphatic imine (C=N–C) groups is 1. The fourth-order valence-corrected chi connectivity index (χ4v) is 8.19. The minimum absolute atomic E-state index is 0.00394. The monoisotopic (exact) mass is 1110 g/mol. The third-order valence-corrected chi connectivity index (χ3v) is 12.3. The Labute approximate surface area is 462 Å². The number of carboxylic acids is 2. The number of aliphatic carboxylic acids is 2. The first-order valence-electron chi connectivity index (χ1n) is 25.9. The molecule has 0 spiro atoms.